The molecule has 0 saturated heterocycles. The molecule has 96 valence electrons. The van der Waals surface area contributed by atoms with Crippen LogP contribution in [0, 0.1) is 0 Å². The lowest BCUT2D eigenvalue weighted by Crippen LogP contribution is -2.29. The molecule has 1 unspecified atom stereocenters. The number of nitrogens with one attached hydrogen (secondary N) is 1. The van der Waals surface area contributed by atoms with E-state index >= 15 is 0 Å². The topological polar surface area (TPSA) is 50.9 Å². The van der Waals surface area contributed by atoms with Gasteiger partial charge in [-0.3, -0.25) is 11.3 Å². The molecular weight excluding hydrogens is 254 g/mol. The van der Waals surface area contributed by atoms with E-state index in [1.54, 1.807) is 11.3 Å². The molecule has 3 aromatic rings. The van der Waals surface area contributed by atoms with Crippen molar-refractivity contribution in [1.82, 2.24) is 10.4 Å². The number of hydrogen-bond acceptors (Lipinski definition) is 4. The van der Waals surface area contributed by atoms with Gasteiger partial charge in [-0.05, 0) is 17.7 Å². The number of aromatic nitrogens is 1. The van der Waals surface area contributed by atoms with Crippen LogP contribution in [-0.2, 0) is 6.42 Å². The largest absolute Gasteiger partial charge is 0.271 e. The number of para-hydroxylation sites is 1. The first-order valence-electron chi connectivity index (χ1n) is 6.22. The molecule has 0 bridgehead atoms. The van der Waals surface area contributed by atoms with Crippen molar-refractivity contribution in [3.63, 3.8) is 0 Å². The van der Waals surface area contributed by atoms with E-state index in [4.69, 9.17) is 5.84 Å². The summed E-state index contributed by atoms with van der Waals surface area (Å²) in [5, 5.41) is 1.10. The standard InChI is InChI=1S/C15H15N3S/c16-18-13(11-6-2-1-3-7-11)10-15-17-12-8-4-5-9-14(12)19-15/h1-9,13,18H,10,16H2. The lowest BCUT2D eigenvalue weighted by Gasteiger charge is -2.14. The summed E-state index contributed by atoms with van der Waals surface area (Å²) in [6.45, 7) is 0. The van der Waals surface area contributed by atoms with Gasteiger partial charge >= 0.3 is 0 Å². The quantitative estimate of drug-likeness (QED) is 0.565. The van der Waals surface area contributed by atoms with E-state index in [-0.39, 0.29) is 6.04 Å². The third-order valence-corrected chi connectivity index (χ3v) is 4.18. The number of nitrogens with zero attached hydrogens (tertiary/aromatic N) is 1. The molecule has 0 radical (unpaired) electrons. The molecule has 2 aromatic carbocycles. The van der Waals surface area contributed by atoms with Crippen LogP contribution in [-0.4, -0.2) is 4.98 Å². The highest BCUT2D eigenvalue weighted by Gasteiger charge is 2.13. The van der Waals surface area contributed by atoms with Gasteiger partial charge in [0.2, 0.25) is 0 Å². The van der Waals surface area contributed by atoms with Crippen LogP contribution in [0.4, 0.5) is 0 Å². The van der Waals surface area contributed by atoms with Gasteiger partial charge in [-0.25, -0.2) is 4.98 Å². The molecule has 3 rings (SSSR count). The Hall–Kier alpha value is -1.75. The molecule has 0 aliphatic rings. The summed E-state index contributed by atoms with van der Waals surface area (Å²) < 4.78 is 1.22. The highest BCUT2D eigenvalue weighted by Crippen LogP contribution is 2.25. The van der Waals surface area contributed by atoms with Gasteiger partial charge in [0.25, 0.3) is 0 Å². The Morgan fingerprint density at radius 1 is 1.05 bits per heavy atom. The van der Waals surface area contributed by atoms with Crippen molar-refractivity contribution < 1.29 is 0 Å². The molecule has 0 fully saturated rings. The van der Waals surface area contributed by atoms with E-state index in [1.165, 1.54) is 10.3 Å². The molecular formula is C15H15N3S. The van der Waals surface area contributed by atoms with Gasteiger partial charge in [-0.1, -0.05) is 42.5 Å². The van der Waals surface area contributed by atoms with Gasteiger partial charge in [0.1, 0.15) is 0 Å². The van der Waals surface area contributed by atoms with Gasteiger partial charge in [0, 0.05) is 6.42 Å². The van der Waals surface area contributed by atoms with Crippen LogP contribution in [0.1, 0.15) is 16.6 Å². The van der Waals surface area contributed by atoms with Crippen LogP contribution in [0.3, 0.4) is 0 Å². The number of fused-ring (bicyclic) bond motifs is 1. The first kappa shape index (κ1) is 12.3. The summed E-state index contributed by atoms with van der Waals surface area (Å²) in [5.41, 5.74) is 5.12. The predicted octanol–water partition coefficient (Wildman–Crippen LogP) is 3.04. The SMILES string of the molecule is NNC(Cc1nc2ccccc2s1)c1ccccc1. The molecule has 0 amide bonds. The molecule has 3 N–H and O–H groups in total. The maximum atomic E-state index is 5.67. The second kappa shape index (κ2) is 5.48. The number of hydrogen-bond donors (Lipinski definition) is 2. The number of thiazole rings is 1. The van der Waals surface area contributed by atoms with Crippen molar-refractivity contribution in [3.8, 4) is 0 Å². The first-order valence-corrected chi connectivity index (χ1v) is 7.04. The fourth-order valence-corrected chi connectivity index (χ4v) is 3.15. The van der Waals surface area contributed by atoms with Gasteiger partial charge in [-0.2, -0.15) is 0 Å². The second-order valence-corrected chi connectivity index (χ2v) is 5.52. The van der Waals surface area contributed by atoms with Gasteiger partial charge in [-0.15, -0.1) is 11.3 Å². The zero-order valence-corrected chi connectivity index (χ0v) is 11.2. The molecule has 1 atom stereocenters. The van der Waals surface area contributed by atoms with Crippen molar-refractivity contribution in [3.05, 3.63) is 65.2 Å². The zero-order chi connectivity index (χ0) is 13.1. The van der Waals surface area contributed by atoms with Gasteiger partial charge in [0.05, 0.1) is 21.3 Å². The third-order valence-electron chi connectivity index (χ3n) is 3.12. The smallest absolute Gasteiger partial charge is 0.0958 e. The first-order chi connectivity index (χ1) is 9.36. The van der Waals surface area contributed by atoms with Crippen LogP contribution < -0.4 is 11.3 Å². The zero-order valence-electron chi connectivity index (χ0n) is 10.4. The maximum absolute atomic E-state index is 5.67. The molecule has 0 spiro atoms. The van der Waals surface area contributed by atoms with E-state index in [0.717, 1.165) is 16.9 Å². The van der Waals surface area contributed by atoms with Crippen molar-refractivity contribution in [2.24, 2.45) is 5.84 Å². The molecule has 0 aliphatic heterocycles. The van der Waals surface area contributed by atoms with Gasteiger partial charge < -0.3 is 0 Å². The Morgan fingerprint density at radius 2 is 1.79 bits per heavy atom. The number of nitrogens with two attached hydrogens (primary N) is 1. The van der Waals surface area contributed by atoms with Gasteiger partial charge in [0.15, 0.2) is 0 Å². The Balaban J connectivity index is 1.86. The minimum absolute atomic E-state index is 0.0989. The number of benzene rings is 2. The van der Waals surface area contributed by atoms with E-state index < -0.39 is 0 Å². The normalized spacial score (nSPS) is 12.7. The van der Waals surface area contributed by atoms with Crippen molar-refractivity contribution in [2.75, 3.05) is 0 Å². The summed E-state index contributed by atoms with van der Waals surface area (Å²) in [5.74, 6) is 5.67. The molecule has 1 heterocycles. The molecule has 19 heavy (non-hydrogen) atoms. The predicted molar refractivity (Wildman–Crippen MR) is 79.8 cm³/mol. The molecule has 0 aliphatic carbocycles. The van der Waals surface area contributed by atoms with E-state index in [9.17, 15) is 0 Å². The minimum atomic E-state index is 0.0989. The Kier molecular flexibility index (Phi) is 3.55. The van der Waals surface area contributed by atoms with Crippen LogP contribution in [0.5, 0.6) is 0 Å². The summed E-state index contributed by atoms with van der Waals surface area (Å²) in [4.78, 5) is 4.65. The fourth-order valence-electron chi connectivity index (χ4n) is 2.14. The minimum Gasteiger partial charge on any atom is -0.271 e. The highest BCUT2D eigenvalue weighted by atomic mass is 32.1. The third kappa shape index (κ3) is 2.66. The van der Waals surface area contributed by atoms with E-state index in [0.29, 0.717) is 0 Å². The Labute approximate surface area is 116 Å². The summed E-state index contributed by atoms with van der Waals surface area (Å²) in [6.07, 6.45) is 0.805. The molecule has 0 saturated carbocycles. The summed E-state index contributed by atoms with van der Waals surface area (Å²) in [6, 6.07) is 18.5. The average Bonchev–Trinajstić information content (AvgIpc) is 2.88. The number of rotatable bonds is 4. The van der Waals surface area contributed by atoms with Crippen molar-refractivity contribution in [1.29, 1.82) is 0 Å². The Bertz CT molecular complexity index is 630. The Morgan fingerprint density at radius 3 is 2.53 bits per heavy atom. The maximum Gasteiger partial charge on any atom is 0.0958 e. The highest BCUT2D eigenvalue weighted by molar-refractivity contribution is 7.18. The van der Waals surface area contributed by atoms with E-state index in [1.807, 2.05) is 36.4 Å². The molecule has 3 nitrogen and oxygen atoms in total. The van der Waals surface area contributed by atoms with Crippen LogP contribution in [0.25, 0.3) is 10.2 Å². The fraction of sp³-hybridized carbons (Fsp3) is 0.133. The lowest BCUT2D eigenvalue weighted by molar-refractivity contribution is 0.551. The average molecular weight is 269 g/mol. The lowest BCUT2D eigenvalue weighted by atomic mass is 10.1. The summed E-state index contributed by atoms with van der Waals surface area (Å²) >= 11 is 1.73. The number of hydrazine groups is 1. The molecule has 1 aromatic heterocycles. The molecule has 4 heteroatoms. The second-order valence-electron chi connectivity index (χ2n) is 4.41. The summed E-state index contributed by atoms with van der Waals surface area (Å²) in [7, 11) is 0. The van der Waals surface area contributed by atoms with Crippen molar-refractivity contribution >= 4 is 21.6 Å². The van der Waals surface area contributed by atoms with E-state index in [2.05, 4.69) is 28.6 Å². The van der Waals surface area contributed by atoms with Crippen LogP contribution >= 0.6 is 11.3 Å². The van der Waals surface area contributed by atoms with Crippen LogP contribution in [0.2, 0.25) is 0 Å². The van der Waals surface area contributed by atoms with Crippen LogP contribution in [0.15, 0.2) is 54.6 Å². The van der Waals surface area contributed by atoms with Crippen molar-refractivity contribution in [2.45, 2.75) is 12.5 Å². The monoisotopic (exact) mass is 269 g/mol.